The van der Waals surface area contributed by atoms with Crippen LogP contribution in [-0.2, 0) is 0 Å². The Bertz CT molecular complexity index is 356. The van der Waals surface area contributed by atoms with Crippen LogP contribution in [0.1, 0.15) is 12.8 Å². The second-order valence-electron chi connectivity index (χ2n) is 3.63. The van der Waals surface area contributed by atoms with E-state index in [1.165, 1.54) is 12.3 Å². The van der Waals surface area contributed by atoms with Crippen molar-refractivity contribution in [2.24, 2.45) is 0 Å². The highest BCUT2D eigenvalue weighted by atomic mass is 19.1. The van der Waals surface area contributed by atoms with E-state index in [9.17, 15) is 4.39 Å². The summed E-state index contributed by atoms with van der Waals surface area (Å²) >= 11 is 0. The second-order valence-corrected chi connectivity index (χ2v) is 3.63. The van der Waals surface area contributed by atoms with E-state index in [-0.39, 0.29) is 5.46 Å². The average Bonchev–Trinajstić information content (AvgIpc) is 2.69. The van der Waals surface area contributed by atoms with Gasteiger partial charge in [0.25, 0.3) is 0 Å². The largest absolute Gasteiger partial charge is 0.493 e. The second kappa shape index (κ2) is 4.16. The van der Waals surface area contributed by atoms with Crippen molar-refractivity contribution in [3.05, 3.63) is 18.1 Å². The molecule has 1 saturated heterocycles. The number of aromatic nitrogens is 1. The van der Waals surface area contributed by atoms with Crippen LogP contribution in [-0.4, -0.2) is 35.2 Å². The zero-order chi connectivity index (χ0) is 10.8. The molecule has 0 aliphatic carbocycles. The fourth-order valence-corrected chi connectivity index (χ4v) is 1.74. The van der Waals surface area contributed by atoms with Crippen molar-refractivity contribution >= 4 is 18.4 Å². The first-order chi connectivity index (χ1) is 7.18. The maximum atomic E-state index is 13.4. The van der Waals surface area contributed by atoms with Crippen LogP contribution in [0.3, 0.4) is 0 Å². The number of anilines is 1. The Morgan fingerprint density at radius 1 is 1.33 bits per heavy atom. The lowest BCUT2D eigenvalue weighted by atomic mass is 9.81. The van der Waals surface area contributed by atoms with Crippen LogP contribution < -0.4 is 10.4 Å². The van der Waals surface area contributed by atoms with E-state index < -0.39 is 12.9 Å². The molecule has 0 aromatic carbocycles. The Labute approximate surface area is 87.5 Å². The SMILES string of the molecule is OB(O)c1cnc(N2CCCC2)cc1F. The van der Waals surface area contributed by atoms with Crippen molar-refractivity contribution in [3.63, 3.8) is 0 Å². The molecule has 2 rings (SSSR count). The summed E-state index contributed by atoms with van der Waals surface area (Å²) in [7, 11) is -1.80. The molecule has 0 amide bonds. The molecule has 1 fully saturated rings. The van der Waals surface area contributed by atoms with Crippen molar-refractivity contribution < 1.29 is 14.4 Å². The number of halogens is 1. The minimum absolute atomic E-state index is 0.182. The summed E-state index contributed by atoms with van der Waals surface area (Å²) in [5.74, 6) is -0.0590. The summed E-state index contributed by atoms with van der Waals surface area (Å²) in [5.41, 5.74) is -0.182. The molecule has 0 spiro atoms. The number of hydrogen-bond acceptors (Lipinski definition) is 4. The van der Waals surface area contributed by atoms with E-state index in [0.717, 1.165) is 25.9 Å². The lowest BCUT2D eigenvalue weighted by molar-refractivity contribution is 0.423. The van der Waals surface area contributed by atoms with Gasteiger partial charge in [0, 0.05) is 30.8 Å². The predicted octanol–water partition coefficient (Wildman–Crippen LogP) is -0.499. The third kappa shape index (κ3) is 2.10. The maximum Gasteiger partial charge on any atom is 0.493 e. The predicted molar refractivity (Wildman–Crippen MR) is 55.5 cm³/mol. The summed E-state index contributed by atoms with van der Waals surface area (Å²) < 4.78 is 13.4. The van der Waals surface area contributed by atoms with Gasteiger partial charge >= 0.3 is 7.12 Å². The van der Waals surface area contributed by atoms with Crippen molar-refractivity contribution in [2.45, 2.75) is 12.8 Å². The Balaban J connectivity index is 2.24. The number of pyridine rings is 1. The van der Waals surface area contributed by atoms with Crippen molar-refractivity contribution in [1.29, 1.82) is 0 Å². The highest BCUT2D eigenvalue weighted by molar-refractivity contribution is 6.58. The molecule has 6 heteroatoms. The Kier molecular flexibility index (Phi) is 2.88. The van der Waals surface area contributed by atoms with Crippen LogP contribution in [0.5, 0.6) is 0 Å². The van der Waals surface area contributed by atoms with Crippen LogP contribution in [0.25, 0.3) is 0 Å². The Hall–Kier alpha value is -1.14. The highest BCUT2D eigenvalue weighted by Crippen LogP contribution is 2.17. The Morgan fingerprint density at radius 3 is 2.53 bits per heavy atom. The summed E-state index contributed by atoms with van der Waals surface area (Å²) in [6.45, 7) is 1.76. The molecule has 15 heavy (non-hydrogen) atoms. The van der Waals surface area contributed by atoms with Gasteiger partial charge < -0.3 is 14.9 Å². The molecule has 0 unspecified atom stereocenters. The summed E-state index contributed by atoms with van der Waals surface area (Å²) in [5, 5.41) is 17.6. The van der Waals surface area contributed by atoms with Crippen molar-refractivity contribution in [3.8, 4) is 0 Å². The molecule has 2 N–H and O–H groups in total. The molecule has 4 nitrogen and oxygen atoms in total. The standard InChI is InChI=1S/C9H12BFN2O2/c11-8-5-9(13-3-1-2-4-13)12-6-7(8)10(14)15/h5-6,14-15H,1-4H2. The van der Waals surface area contributed by atoms with Gasteiger partial charge in [-0.05, 0) is 12.8 Å². The Morgan fingerprint density at radius 2 is 2.00 bits per heavy atom. The molecular formula is C9H12BFN2O2. The molecule has 0 atom stereocenters. The minimum Gasteiger partial charge on any atom is -0.423 e. The van der Waals surface area contributed by atoms with Crippen LogP contribution in [0.2, 0.25) is 0 Å². The minimum atomic E-state index is -1.80. The number of hydrogen-bond donors (Lipinski definition) is 2. The molecule has 1 aromatic heterocycles. The molecule has 2 heterocycles. The summed E-state index contributed by atoms with van der Waals surface area (Å²) in [4.78, 5) is 5.99. The van der Waals surface area contributed by atoms with Gasteiger partial charge in [-0.2, -0.15) is 0 Å². The van der Waals surface area contributed by atoms with Gasteiger partial charge in [-0.1, -0.05) is 0 Å². The first-order valence-corrected chi connectivity index (χ1v) is 4.95. The quantitative estimate of drug-likeness (QED) is 0.646. The normalized spacial score (nSPS) is 15.8. The van der Waals surface area contributed by atoms with E-state index in [4.69, 9.17) is 10.0 Å². The van der Waals surface area contributed by atoms with Gasteiger partial charge in [-0.15, -0.1) is 0 Å². The molecule has 0 bridgehead atoms. The molecule has 1 aliphatic rings. The van der Waals surface area contributed by atoms with Gasteiger partial charge in [0.05, 0.1) is 0 Å². The average molecular weight is 210 g/mol. The van der Waals surface area contributed by atoms with Crippen LogP contribution in [0.4, 0.5) is 10.2 Å². The molecule has 0 radical (unpaired) electrons. The van der Waals surface area contributed by atoms with Gasteiger partial charge in [-0.25, -0.2) is 9.37 Å². The monoisotopic (exact) mass is 210 g/mol. The summed E-state index contributed by atoms with van der Waals surface area (Å²) in [6.07, 6.45) is 3.36. The molecular weight excluding hydrogens is 198 g/mol. The molecule has 1 aliphatic heterocycles. The van der Waals surface area contributed by atoms with Crippen molar-refractivity contribution in [2.75, 3.05) is 18.0 Å². The van der Waals surface area contributed by atoms with E-state index in [2.05, 4.69) is 4.98 Å². The van der Waals surface area contributed by atoms with Gasteiger partial charge in [0.2, 0.25) is 0 Å². The van der Waals surface area contributed by atoms with E-state index >= 15 is 0 Å². The lowest BCUT2D eigenvalue weighted by Crippen LogP contribution is -2.34. The molecule has 0 saturated carbocycles. The lowest BCUT2D eigenvalue weighted by Gasteiger charge is -2.16. The first kappa shape index (κ1) is 10.4. The van der Waals surface area contributed by atoms with E-state index in [0.29, 0.717) is 5.82 Å². The third-order valence-corrected chi connectivity index (χ3v) is 2.58. The molecule has 80 valence electrons. The van der Waals surface area contributed by atoms with E-state index in [1.54, 1.807) is 0 Å². The third-order valence-electron chi connectivity index (χ3n) is 2.58. The zero-order valence-electron chi connectivity index (χ0n) is 8.23. The highest BCUT2D eigenvalue weighted by Gasteiger charge is 2.20. The van der Waals surface area contributed by atoms with Gasteiger partial charge in [-0.3, -0.25) is 0 Å². The van der Waals surface area contributed by atoms with Gasteiger partial charge in [0.1, 0.15) is 11.6 Å². The number of nitrogens with zero attached hydrogens (tertiary/aromatic N) is 2. The topological polar surface area (TPSA) is 56.6 Å². The van der Waals surface area contributed by atoms with Gasteiger partial charge in [0.15, 0.2) is 0 Å². The zero-order valence-corrected chi connectivity index (χ0v) is 8.23. The van der Waals surface area contributed by atoms with Crippen molar-refractivity contribution in [1.82, 2.24) is 4.98 Å². The van der Waals surface area contributed by atoms with E-state index in [1.807, 2.05) is 4.90 Å². The first-order valence-electron chi connectivity index (χ1n) is 4.95. The number of rotatable bonds is 2. The summed E-state index contributed by atoms with van der Waals surface area (Å²) in [6, 6.07) is 1.25. The van der Waals surface area contributed by atoms with Crippen LogP contribution in [0.15, 0.2) is 12.3 Å². The fourth-order valence-electron chi connectivity index (χ4n) is 1.74. The smallest absolute Gasteiger partial charge is 0.423 e. The molecule has 1 aromatic rings. The van der Waals surface area contributed by atoms with Crippen LogP contribution in [0, 0.1) is 5.82 Å². The van der Waals surface area contributed by atoms with Crippen LogP contribution >= 0.6 is 0 Å². The fraction of sp³-hybridized carbons (Fsp3) is 0.444. The maximum absolute atomic E-state index is 13.4.